The van der Waals surface area contributed by atoms with Crippen LogP contribution in [0.5, 0.6) is 0 Å². The van der Waals surface area contributed by atoms with Crippen LogP contribution in [0.2, 0.25) is 0 Å². The van der Waals surface area contributed by atoms with E-state index in [1.165, 1.54) is 0 Å². The van der Waals surface area contributed by atoms with Crippen molar-refractivity contribution < 1.29 is 29.3 Å². The van der Waals surface area contributed by atoms with Crippen molar-refractivity contribution in [3.8, 4) is 0 Å². The average Bonchev–Trinajstić information content (AvgIpc) is 2.53. The molecule has 1 aliphatic heterocycles. The van der Waals surface area contributed by atoms with E-state index in [1.807, 2.05) is 6.92 Å². The summed E-state index contributed by atoms with van der Waals surface area (Å²) in [6.07, 6.45) is 0.830. The summed E-state index contributed by atoms with van der Waals surface area (Å²) < 4.78 is 4.64. The minimum absolute atomic E-state index is 0.226. The number of hydrogen-bond donors (Lipinski definition) is 2. The Bertz CT molecular complexity index is 395. The maximum atomic E-state index is 11.7. The normalized spacial score (nSPS) is 21.9. The van der Waals surface area contributed by atoms with E-state index in [0.29, 0.717) is 6.42 Å². The van der Waals surface area contributed by atoms with Gasteiger partial charge in [-0.2, -0.15) is 0 Å². The Morgan fingerprint density at radius 1 is 1.28 bits per heavy atom. The Balaban J connectivity index is 2.76. The molecule has 0 amide bonds. The summed E-state index contributed by atoms with van der Waals surface area (Å²) in [5.74, 6) is -3.20. The van der Waals surface area contributed by atoms with Gasteiger partial charge in [-0.1, -0.05) is 19.8 Å². The summed E-state index contributed by atoms with van der Waals surface area (Å²) in [6, 6.07) is 0. The number of carbonyl (C=O) groups is 3. The first-order valence-electron chi connectivity index (χ1n) is 5.86. The molecule has 0 saturated carbocycles. The number of hydrogen-bond acceptors (Lipinski definition) is 5. The fourth-order valence-electron chi connectivity index (χ4n) is 1.72. The second-order valence-electron chi connectivity index (χ2n) is 4.13. The molecular formula is C12H16O6. The number of unbranched alkanes of at least 4 members (excludes halogenated alkanes) is 2. The molecule has 6 heteroatoms. The van der Waals surface area contributed by atoms with Crippen molar-refractivity contribution in [3.63, 3.8) is 0 Å². The third kappa shape index (κ3) is 3.32. The summed E-state index contributed by atoms with van der Waals surface area (Å²) in [4.78, 5) is 33.6. The topological polar surface area (TPSA) is 101 Å². The Morgan fingerprint density at radius 2 is 1.94 bits per heavy atom. The second kappa shape index (κ2) is 6.18. The average molecular weight is 256 g/mol. The molecule has 0 aromatic carbocycles. The fraction of sp³-hybridized carbons (Fsp3) is 0.583. The zero-order chi connectivity index (χ0) is 13.7. The number of ether oxygens (including phenoxy) is 1. The molecule has 1 saturated heterocycles. The van der Waals surface area contributed by atoms with Crippen molar-refractivity contribution >= 4 is 17.7 Å². The summed E-state index contributed by atoms with van der Waals surface area (Å²) >= 11 is 0. The highest BCUT2D eigenvalue weighted by atomic mass is 16.6. The number of esters is 1. The van der Waals surface area contributed by atoms with E-state index in [-0.39, 0.29) is 12.2 Å². The first-order valence-corrected chi connectivity index (χ1v) is 5.86. The van der Waals surface area contributed by atoms with Gasteiger partial charge in [0, 0.05) is 6.42 Å². The number of carboxylic acids is 1. The van der Waals surface area contributed by atoms with Gasteiger partial charge >= 0.3 is 11.9 Å². The molecule has 1 unspecified atom stereocenters. The van der Waals surface area contributed by atoms with Crippen LogP contribution in [0.25, 0.3) is 0 Å². The second-order valence-corrected chi connectivity index (χ2v) is 4.13. The minimum Gasteiger partial charge on any atom is -0.511 e. The molecule has 1 fully saturated rings. The number of aliphatic hydroxyl groups excluding tert-OH is 1. The third-order valence-corrected chi connectivity index (χ3v) is 2.66. The van der Waals surface area contributed by atoms with Crippen LogP contribution in [-0.2, 0) is 19.1 Å². The number of allylic oxidation sites excluding steroid dienone is 1. The van der Waals surface area contributed by atoms with Gasteiger partial charge in [0.1, 0.15) is 11.3 Å². The maximum absolute atomic E-state index is 11.7. The van der Waals surface area contributed by atoms with Crippen molar-refractivity contribution in [3.05, 3.63) is 11.3 Å². The molecule has 0 bridgehead atoms. The lowest BCUT2D eigenvalue weighted by Gasteiger charge is -2.02. The molecule has 1 heterocycles. The molecule has 0 aromatic heterocycles. The van der Waals surface area contributed by atoms with Crippen LogP contribution in [-0.4, -0.2) is 34.0 Å². The number of carboxylic acid groups (broad SMARTS) is 1. The van der Waals surface area contributed by atoms with E-state index in [1.54, 1.807) is 0 Å². The quantitative estimate of drug-likeness (QED) is 0.244. The van der Waals surface area contributed by atoms with Gasteiger partial charge in [-0.05, 0) is 6.42 Å². The van der Waals surface area contributed by atoms with E-state index < -0.39 is 35.8 Å². The molecule has 100 valence electrons. The SMILES string of the molecule is CCCCC/C(O)=C1\C(=O)OC(CC(=O)O)C1=O. The molecule has 0 aromatic rings. The number of ketones is 1. The van der Waals surface area contributed by atoms with Crippen LogP contribution in [0.1, 0.15) is 39.0 Å². The first-order chi connectivity index (χ1) is 8.47. The van der Waals surface area contributed by atoms with Crippen LogP contribution in [0, 0.1) is 0 Å². The number of aliphatic carboxylic acids is 1. The third-order valence-electron chi connectivity index (χ3n) is 2.66. The zero-order valence-electron chi connectivity index (χ0n) is 10.1. The van der Waals surface area contributed by atoms with Crippen molar-refractivity contribution in [1.29, 1.82) is 0 Å². The molecule has 2 N–H and O–H groups in total. The van der Waals surface area contributed by atoms with Crippen LogP contribution >= 0.6 is 0 Å². The van der Waals surface area contributed by atoms with Gasteiger partial charge in [-0.15, -0.1) is 0 Å². The monoisotopic (exact) mass is 256 g/mol. The van der Waals surface area contributed by atoms with Crippen molar-refractivity contribution in [1.82, 2.24) is 0 Å². The zero-order valence-corrected chi connectivity index (χ0v) is 10.1. The number of Topliss-reactive ketones (excluding diaryl/α,β-unsaturated/α-hetero) is 1. The lowest BCUT2D eigenvalue weighted by atomic mass is 10.0. The van der Waals surface area contributed by atoms with Gasteiger partial charge in [0.15, 0.2) is 6.10 Å². The molecule has 0 aliphatic carbocycles. The molecule has 6 nitrogen and oxygen atoms in total. The van der Waals surface area contributed by atoms with Gasteiger partial charge in [0.2, 0.25) is 5.78 Å². The molecule has 1 atom stereocenters. The minimum atomic E-state index is -1.31. The van der Waals surface area contributed by atoms with Gasteiger partial charge in [-0.3, -0.25) is 9.59 Å². The van der Waals surface area contributed by atoms with Crippen LogP contribution < -0.4 is 0 Å². The van der Waals surface area contributed by atoms with Gasteiger partial charge in [-0.25, -0.2) is 4.79 Å². The predicted octanol–water partition coefficient (Wildman–Crippen LogP) is 1.35. The van der Waals surface area contributed by atoms with E-state index >= 15 is 0 Å². The van der Waals surface area contributed by atoms with Crippen molar-refractivity contribution in [2.75, 3.05) is 0 Å². The van der Waals surface area contributed by atoms with Gasteiger partial charge in [0.25, 0.3) is 0 Å². The van der Waals surface area contributed by atoms with Gasteiger partial charge < -0.3 is 14.9 Å². The van der Waals surface area contributed by atoms with Crippen molar-refractivity contribution in [2.45, 2.75) is 45.1 Å². The highest BCUT2D eigenvalue weighted by Crippen LogP contribution is 2.23. The van der Waals surface area contributed by atoms with Crippen LogP contribution in [0.4, 0.5) is 0 Å². The molecule has 0 spiro atoms. The summed E-state index contributed by atoms with van der Waals surface area (Å²) in [6.45, 7) is 1.99. The molecule has 0 radical (unpaired) electrons. The smallest absolute Gasteiger partial charge is 0.346 e. The maximum Gasteiger partial charge on any atom is 0.346 e. The van der Waals surface area contributed by atoms with Crippen molar-refractivity contribution in [2.24, 2.45) is 0 Å². The lowest BCUT2D eigenvalue weighted by molar-refractivity contribution is -0.147. The lowest BCUT2D eigenvalue weighted by Crippen LogP contribution is -2.20. The molecule has 1 aliphatic rings. The van der Waals surface area contributed by atoms with Crippen LogP contribution in [0.15, 0.2) is 11.3 Å². The van der Waals surface area contributed by atoms with E-state index in [4.69, 9.17) is 5.11 Å². The molecular weight excluding hydrogens is 240 g/mol. The summed E-state index contributed by atoms with van der Waals surface area (Å²) in [7, 11) is 0. The predicted molar refractivity (Wildman–Crippen MR) is 60.9 cm³/mol. The Hall–Kier alpha value is -1.85. The number of cyclic esters (lactones) is 1. The van der Waals surface area contributed by atoms with E-state index in [9.17, 15) is 19.5 Å². The largest absolute Gasteiger partial charge is 0.511 e. The Morgan fingerprint density at radius 3 is 2.50 bits per heavy atom. The number of rotatable bonds is 6. The molecule has 1 rings (SSSR count). The van der Waals surface area contributed by atoms with E-state index in [0.717, 1.165) is 12.8 Å². The van der Waals surface area contributed by atoms with E-state index in [2.05, 4.69) is 4.74 Å². The van der Waals surface area contributed by atoms with Gasteiger partial charge in [0.05, 0.1) is 6.42 Å². The number of aliphatic hydroxyl groups is 1. The Labute approximate surface area is 104 Å². The number of carbonyl (C=O) groups excluding carboxylic acids is 2. The summed E-state index contributed by atoms with van der Waals surface area (Å²) in [5, 5.41) is 18.2. The Kier molecular flexibility index (Phi) is 4.88. The van der Waals surface area contributed by atoms with Crippen LogP contribution in [0.3, 0.4) is 0 Å². The summed E-state index contributed by atoms with van der Waals surface area (Å²) in [5.41, 5.74) is -0.391. The first kappa shape index (κ1) is 14.2. The highest BCUT2D eigenvalue weighted by molar-refractivity contribution is 6.24. The molecule has 18 heavy (non-hydrogen) atoms. The fourth-order valence-corrected chi connectivity index (χ4v) is 1.72. The standard InChI is InChI=1S/C12H16O6/c1-2-3-4-5-7(13)10-11(16)8(6-9(14)15)18-12(10)17/h8,13H,2-6H2,1H3,(H,14,15)/b10-7+. The highest BCUT2D eigenvalue weighted by Gasteiger charge is 2.41.